The molecular formula is C18H21IO4. The minimum atomic E-state index is -0.221. The molecule has 0 atom stereocenters. The molecule has 0 saturated carbocycles. The highest BCUT2D eigenvalue weighted by Crippen LogP contribution is 2.45. The molecule has 0 heterocycles. The lowest BCUT2D eigenvalue weighted by Gasteiger charge is -2.23. The van der Waals surface area contributed by atoms with Crippen molar-refractivity contribution in [3.05, 3.63) is 33.4 Å². The lowest BCUT2D eigenvalue weighted by molar-refractivity contribution is 0.405. The van der Waals surface area contributed by atoms with Gasteiger partial charge in [0.15, 0.2) is 0 Å². The Morgan fingerprint density at radius 1 is 0.913 bits per heavy atom. The summed E-state index contributed by atoms with van der Waals surface area (Å²) in [4.78, 5) is 0. The maximum atomic E-state index is 10.4. The van der Waals surface area contributed by atoms with E-state index in [1.54, 1.807) is 32.4 Å². The molecule has 0 fully saturated rings. The number of ether oxygens (including phenoxy) is 2. The molecule has 0 aromatic heterocycles. The SMILES string of the molecule is COc1cc(I)c(O)c(-c2cc(O)c(C(C)(C)C)cc2OC)c1. The number of halogens is 1. The van der Waals surface area contributed by atoms with Crippen molar-refractivity contribution < 1.29 is 19.7 Å². The molecule has 2 aromatic carbocycles. The minimum Gasteiger partial charge on any atom is -0.508 e. The Hall–Kier alpha value is -1.63. The summed E-state index contributed by atoms with van der Waals surface area (Å²) in [5, 5.41) is 20.8. The summed E-state index contributed by atoms with van der Waals surface area (Å²) in [6.07, 6.45) is 0. The van der Waals surface area contributed by atoms with E-state index in [9.17, 15) is 10.2 Å². The number of benzene rings is 2. The third kappa shape index (κ3) is 3.49. The second-order valence-corrected chi connectivity index (χ2v) is 7.49. The third-order valence-corrected chi connectivity index (χ3v) is 4.51. The maximum Gasteiger partial charge on any atom is 0.137 e. The quantitative estimate of drug-likeness (QED) is 0.697. The first kappa shape index (κ1) is 17.7. The van der Waals surface area contributed by atoms with Gasteiger partial charge in [0, 0.05) is 16.7 Å². The van der Waals surface area contributed by atoms with Gasteiger partial charge in [-0.2, -0.15) is 0 Å². The highest BCUT2D eigenvalue weighted by molar-refractivity contribution is 14.1. The van der Waals surface area contributed by atoms with E-state index in [-0.39, 0.29) is 16.9 Å². The van der Waals surface area contributed by atoms with Crippen LogP contribution in [-0.4, -0.2) is 24.4 Å². The van der Waals surface area contributed by atoms with Crippen LogP contribution in [0.25, 0.3) is 11.1 Å². The van der Waals surface area contributed by atoms with Crippen LogP contribution in [0.4, 0.5) is 0 Å². The topological polar surface area (TPSA) is 58.9 Å². The predicted molar refractivity (Wildman–Crippen MR) is 99.7 cm³/mol. The maximum absolute atomic E-state index is 10.4. The standard InChI is InChI=1S/C18H21IO4/c1-18(2,3)13-9-16(23-5)11(8-15(13)20)12-6-10(22-4)7-14(19)17(12)21/h6-9,20-21H,1-5H3. The molecule has 0 amide bonds. The molecule has 124 valence electrons. The molecule has 0 aliphatic carbocycles. The number of hydrogen-bond donors (Lipinski definition) is 2. The summed E-state index contributed by atoms with van der Waals surface area (Å²) < 4.78 is 11.4. The Labute approximate surface area is 150 Å². The van der Waals surface area contributed by atoms with Gasteiger partial charge < -0.3 is 19.7 Å². The van der Waals surface area contributed by atoms with Crippen LogP contribution in [0.1, 0.15) is 26.3 Å². The molecule has 0 unspecified atom stereocenters. The zero-order chi connectivity index (χ0) is 17.4. The number of phenolic OH excluding ortho intramolecular Hbond substituents is 2. The molecular weight excluding hydrogens is 407 g/mol. The molecule has 0 aliphatic rings. The van der Waals surface area contributed by atoms with Crippen molar-refractivity contribution in [2.45, 2.75) is 26.2 Å². The van der Waals surface area contributed by atoms with Gasteiger partial charge in [-0.1, -0.05) is 20.8 Å². The molecule has 2 rings (SSSR count). The summed E-state index contributed by atoms with van der Waals surface area (Å²) in [5.74, 6) is 1.52. The Bertz CT molecular complexity index is 733. The summed E-state index contributed by atoms with van der Waals surface area (Å²) in [6.45, 7) is 6.06. The summed E-state index contributed by atoms with van der Waals surface area (Å²) in [5.41, 5.74) is 1.74. The average molecular weight is 428 g/mol. The third-order valence-electron chi connectivity index (χ3n) is 3.69. The number of hydrogen-bond acceptors (Lipinski definition) is 4. The lowest BCUT2D eigenvalue weighted by Crippen LogP contribution is -2.11. The van der Waals surface area contributed by atoms with E-state index < -0.39 is 0 Å². The first-order valence-electron chi connectivity index (χ1n) is 7.17. The Kier molecular flexibility index (Phi) is 4.98. The molecule has 4 nitrogen and oxygen atoms in total. The fourth-order valence-corrected chi connectivity index (χ4v) is 3.04. The fourth-order valence-electron chi connectivity index (χ4n) is 2.45. The van der Waals surface area contributed by atoms with Crippen molar-refractivity contribution >= 4 is 22.6 Å². The zero-order valence-corrected chi connectivity index (χ0v) is 16.1. The van der Waals surface area contributed by atoms with Crippen molar-refractivity contribution in [1.82, 2.24) is 0 Å². The number of phenols is 2. The monoisotopic (exact) mass is 428 g/mol. The van der Waals surface area contributed by atoms with Crippen molar-refractivity contribution in [2.24, 2.45) is 0 Å². The van der Waals surface area contributed by atoms with Gasteiger partial charge in [0.05, 0.1) is 17.8 Å². The second kappa shape index (κ2) is 6.47. The van der Waals surface area contributed by atoms with E-state index in [1.165, 1.54) is 0 Å². The van der Waals surface area contributed by atoms with Crippen LogP contribution in [0.2, 0.25) is 0 Å². The van der Waals surface area contributed by atoms with Crippen LogP contribution in [0.5, 0.6) is 23.0 Å². The van der Waals surface area contributed by atoms with Crippen molar-refractivity contribution in [2.75, 3.05) is 14.2 Å². The Morgan fingerprint density at radius 3 is 2.09 bits per heavy atom. The van der Waals surface area contributed by atoms with Crippen LogP contribution in [0, 0.1) is 3.57 Å². The molecule has 5 heteroatoms. The van der Waals surface area contributed by atoms with Crippen molar-refractivity contribution in [1.29, 1.82) is 0 Å². The van der Waals surface area contributed by atoms with Gasteiger partial charge in [-0.25, -0.2) is 0 Å². The van der Waals surface area contributed by atoms with Gasteiger partial charge in [-0.3, -0.25) is 0 Å². The second-order valence-electron chi connectivity index (χ2n) is 6.33. The van der Waals surface area contributed by atoms with Crippen molar-refractivity contribution in [3.8, 4) is 34.1 Å². The van der Waals surface area contributed by atoms with Crippen molar-refractivity contribution in [3.63, 3.8) is 0 Å². The molecule has 2 aromatic rings. The van der Waals surface area contributed by atoms with Gasteiger partial charge in [0.2, 0.25) is 0 Å². The molecule has 2 N–H and O–H groups in total. The minimum absolute atomic E-state index is 0.132. The average Bonchev–Trinajstić information content (AvgIpc) is 2.48. The zero-order valence-electron chi connectivity index (χ0n) is 13.9. The Balaban J connectivity index is 2.74. The van der Waals surface area contributed by atoms with E-state index in [0.717, 1.165) is 5.56 Å². The molecule has 0 radical (unpaired) electrons. The fraction of sp³-hybridized carbons (Fsp3) is 0.333. The largest absolute Gasteiger partial charge is 0.508 e. The Morgan fingerprint density at radius 2 is 1.57 bits per heavy atom. The summed E-state index contributed by atoms with van der Waals surface area (Å²) in [6, 6.07) is 6.92. The van der Waals surface area contributed by atoms with Gasteiger partial charge in [0.1, 0.15) is 23.0 Å². The van der Waals surface area contributed by atoms with Gasteiger partial charge >= 0.3 is 0 Å². The summed E-state index contributed by atoms with van der Waals surface area (Å²) >= 11 is 2.04. The van der Waals surface area contributed by atoms with E-state index in [1.807, 2.05) is 49.4 Å². The molecule has 0 saturated heterocycles. The molecule has 0 aliphatic heterocycles. The van der Waals surface area contributed by atoms with Crippen LogP contribution in [-0.2, 0) is 5.41 Å². The highest BCUT2D eigenvalue weighted by Gasteiger charge is 2.23. The molecule has 0 spiro atoms. The summed E-state index contributed by atoms with van der Waals surface area (Å²) in [7, 11) is 3.15. The van der Waals surface area contributed by atoms with E-state index in [0.29, 0.717) is 26.2 Å². The number of rotatable bonds is 3. The molecule has 23 heavy (non-hydrogen) atoms. The first-order chi connectivity index (χ1) is 10.7. The number of aromatic hydroxyl groups is 2. The van der Waals surface area contributed by atoms with Crippen LogP contribution >= 0.6 is 22.6 Å². The van der Waals surface area contributed by atoms with E-state index in [4.69, 9.17) is 9.47 Å². The van der Waals surface area contributed by atoms with E-state index >= 15 is 0 Å². The predicted octanol–water partition coefficient (Wildman–Crippen LogP) is 4.68. The number of methoxy groups -OCH3 is 2. The molecule has 0 bridgehead atoms. The van der Waals surface area contributed by atoms with Gasteiger partial charge in [-0.05, 0) is 52.3 Å². The van der Waals surface area contributed by atoms with Crippen LogP contribution in [0.15, 0.2) is 24.3 Å². The lowest BCUT2D eigenvalue weighted by atomic mass is 9.85. The van der Waals surface area contributed by atoms with Crippen LogP contribution in [0.3, 0.4) is 0 Å². The van der Waals surface area contributed by atoms with Crippen LogP contribution < -0.4 is 9.47 Å². The normalized spacial score (nSPS) is 11.4. The van der Waals surface area contributed by atoms with E-state index in [2.05, 4.69) is 0 Å². The van der Waals surface area contributed by atoms with Gasteiger partial charge in [-0.15, -0.1) is 0 Å². The smallest absolute Gasteiger partial charge is 0.137 e. The first-order valence-corrected chi connectivity index (χ1v) is 8.25. The highest BCUT2D eigenvalue weighted by atomic mass is 127. The van der Waals surface area contributed by atoms with Gasteiger partial charge in [0.25, 0.3) is 0 Å².